The van der Waals surface area contributed by atoms with Gasteiger partial charge in [0.2, 0.25) is 0 Å². The zero-order valence-electron chi connectivity index (χ0n) is 10.1. The van der Waals surface area contributed by atoms with Crippen LogP contribution in [0, 0.1) is 17.8 Å². The number of halogens is 3. The monoisotopic (exact) mass is 237 g/mol. The average molecular weight is 237 g/mol. The molecule has 0 aromatic heterocycles. The van der Waals surface area contributed by atoms with E-state index in [0.717, 1.165) is 12.8 Å². The molecule has 1 saturated carbocycles. The number of hydrogen-bond acceptors (Lipinski definition) is 1. The van der Waals surface area contributed by atoms with E-state index in [1.165, 1.54) is 0 Å². The summed E-state index contributed by atoms with van der Waals surface area (Å²) in [5.74, 6) is -0.756. The second-order valence-corrected chi connectivity index (χ2v) is 5.13. The Hall–Kier alpha value is -0.250. The van der Waals surface area contributed by atoms with E-state index in [9.17, 15) is 13.2 Å². The van der Waals surface area contributed by atoms with Crippen LogP contribution in [0.15, 0.2) is 0 Å². The van der Waals surface area contributed by atoms with Crippen molar-refractivity contribution < 1.29 is 13.2 Å². The molecule has 4 heteroatoms. The molecule has 0 bridgehead atoms. The van der Waals surface area contributed by atoms with Crippen molar-refractivity contribution in [2.45, 2.75) is 58.2 Å². The molecule has 16 heavy (non-hydrogen) atoms. The first kappa shape index (κ1) is 13.8. The van der Waals surface area contributed by atoms with Gasteiger partial charge in [0.25, 0.3) is 0 Å². The maximum Gasteiger partial charge on any atom is 0.391 e. The van der Waals surface area contributed by atoms with Gasteiger partial charge in [-0.2, -0.15) is 13.2 Å². The van der Waals surface area contributed by atoms with Crippen LogP contribution in [0.4, 0.5) is 13.2 Å². The first-order valence-corrected chi connectivity index (χ1v) is 6.18. The van der Waals surface area contributed by atoms with E-state index < -0.39 is 12.1 Å². The summed E-state index contributed by atoms with van der Waals surface area (Å²) in [6, 6.07) is -0.0739. The van der Waals surface area contributed by atoms with Crippen LogP contribution in [0.5, 0.6) is 0 Å². The second kappa shape index (κ2) is 5.39. The quantitative estimate of drug-likeness (QED) is 0.795. The standard InChI is InChI=1S/C12H22F3N/c1-3-8(2)11(16)9-5-4-6-10(7-9)12(13,14)15/h8-11H,3-7,16H2,1-2H3. The van der Waals surface area contributed by atoms with Gasteiger partial charge in [0.05, 0.1) is 5.92 Å². The van der Waals surface area contributed by atoms with Crippen molar-refractivity contribution in [2.75, 3.05) is 0 Å². The molecular weight excluding hydrogens is 215 g/mol. The predicted molar refractivity (Wildman–Crippen MR) is 58.9 cm³/mol. The average Bonchev–Trinajstić information content (AvgIpc) is 2.26. The minimum Gasteiger partial charge on any atom is -0.327 e. The zero-order chi connectivity index (χ0) is 12.3. The topological polar surface area (TPSA) is 26.0 Å². The molecule has 4 unspecified atom stereocenters. The van der Waals surface area contributed by atoms with Gasteiger partial charge >= 0.3 is 6.18 Å². The molecule has 1 fully saturated rings. The van der Waals surface area contributed by atoms with Crippen molar-refractivity contribution in [3.63, 3.8) is 0 Å². The highest BCUT2D eigenvalue weighted by Gasteiger charge is 2.43. The highest BCUT2D eigenvalue weighted by molar-refractivity contribution is 4.85. The third-order valence-corrected chi connectivity index (χ3v) is 4.02. The lowest BCUT2D eigenvalue weighted by molar-refractivity contribution is -0.186. The molecule has 1 aliphatic rings. The Bertz CT molecular complexity index is 215. The highest BCUT2D eigenvalue weighted by Crippen LogP contribution is 2.41. The van der Waals surface area contributed by atoms with Crippen molar-refractivity contribution in [2.24, 2.45) is 23.5 Å². The first-order chi connectivity index (χ1) is 7.36. The van der Waals surface area contributed by atoms with E-state index in [-0.39, 0.29) is 24.8 Å². The Kier molecular flexibility index (Phi) is 4.65. The molecule has 96 valence electrons. The maximum absolute atomic E-state index is 12.6. The molecule has 2 N–H and O–H groups in total. The minimum absolute atomic E-state index is 0.0512. The van der Waals surface area contributed by atoms with Crippen LogP contribution in [0.3, 0.4) is 0 Å². The van der Waals surface area contributed by atoms with Crippen LogP contribution >= 0.6 is 0 Å². The van der Waals surface area contributed by atoms with Crippen LogP contribution in [0.1, 0.15) is 46.0 Å². The van der Waals surface area contributed by atoms with E-state index >= 15 is 0 Å². The molecule has 1 rings (SSSR count). The Labute approximate surface area is 95.6 Å². The number of alkyl halides is 3. The summed E-state index contributed by atoms with van der Waals surface area (Å²) in [5.41, 5.74) is 6.04. The molecule has 0 aromatic rings. The number of nitrogens with two attached hydrogens (primary N) is 1. The molecule has 0 aliphatic heterocycles. The van der Waals surface area contributed by atoms with Crippen LogP contribution in [-0.4, -0.2) is 12.2 Å². The summed E-state index contributed by atoms with van der Waals surface area (Å²) < 4.78 is 37.9. The second-order valence-electron chi connectivity index (χ2n) is 5.13. The first-order valence-electron chi connectivity index (χ1n) is 6.18. The summed E-state index contributed by atoms with van der Waals surface area (Å²) in [4.78, 5) is 0. The van der Waals surface area contributed by atoms with E-state index in [2.05, 4.69) is 0 Å². The summed E-state index contributed by atoms with van der Waals surface area (Å²) in [6.45, 7) is 4.07. The van der Waals surface area contributed by atoms with Crippen LogP contribution in [0.2, 0.25) is 0 Å². The lowest BCUT2D eigenvalue weighted by Crippen LogP contribution is -2.41. The lowest BCUT2D eigenvalue weighted by Gasteiger charge is -2.36. The van der Waals surface area contributed by atoms with Gasteiger partial charge in [0.1, 0.15) is 0 Å². The molecule has 0 amide bonds. The Morgan fingerprint density at radius 3 is 2.44 bits per heavy atom. The SMILES string of the molecule is CCC(C)C(N)C1CCCC(C(F)(F)F)C1. The minimum atomic E-state index is -4.03. The predicted octanol–water partition coefficient (Wildman–Crippen LogP) is 3.73. The van der Waals surface area contributed by atoms with Gasteiger partial charge in [0.15, 0.2) is 0 Å². The van der Waals surface area contributed by atoms with Crippen LogP contribution in [0.25, 0.3) is 0 Å². The summed E-state index contributed by atoms with van der Waals surface area (Å²) in [7, 11) is 0. The Balaban J connectivity index is 2.57. The van der Waals surface area contributed by atoms with Gasteiger partial charge in [0, 0.05) is 6.04 Å². The molecule has 1 aliphatic carbocycles. The third kappa shape index (κ3) is 3.37. The molecule has 0 heterocycles. The third-order valence-electron chi connectivity index (χ3n) is 4.02. The van der Waals surface area contributed by atoms with E-state index in [1.807, 2.05) is 13.8 Å². The molecule has 0 saturated heterocycles. The molecular formula is C12H22F3N. The zero-order valence-corrected chi connectivity index (χ0v) is 10.1. The smallest absolute Gasteiger partial charge is 0.327 e. The summed E-state index contributed by atoms with van der Waals surface area (Å²) in [5, 5.41) is 0. The summed E-state index contributed by atoms with van der Waals surface area (Å²) >= 11 is 0. The van der Waals surface area contributed by atoms with Gasteiger partial charge in [-0.25, -0.2) is 0 Å². The van der Waals surface area contributed by atoms with Crippen molar-refractivity contribution in [3.8, 4) is 0 Å². The molecule has 0 radical (unpaired) electrons. The van der Waals surface area contributed by atoms with Crippen molar-refractivity contribution >= 4 is 0 Å². The lowest BCUT2D eigenvalue weighted by atomic mass is 9.74. The number of hydrogen-bond donors (Lipinski definition) is 1. The summed E-state index contributed by atoms with van der Waals surface area (Å²) in [6.07, 6.45) is -1.05. The molecule has 0 aromatic carbocycles. The van der Waals surface area contributed by atoms with E-state index in [4.69, 9.17) is 5.73 Å². The Morgan fingerprint density at radius 1 is 1.31 bits per heavy atom. The molecule has 1 nitrogen and oxygen atoms in total. The normalized spacial score (nSPS) is 31.1. The van der Waals surface area contributed by atoms with Gasteiger partial charge < -0.3 is 5.73 Å². The van der Waals surface area contributed by atoms with Crippen LogP contribution < -0.4 is 5.73 Å². The van der Waals surface area contributed by atoms with Crippen molar-refractivity contribution in [1.82, 2.24) is 0 Å². The Morgan fingerprint density at radius 2 is 1.94 bits per heavy atom. The fourth-order valence-electron chi connectivity index (χ4n) is 2.61. The molecule has 4 atom stereocenters. The van der Waals surface area contributed by atoms with Gasteiger partial charge in [-0.1, -0.05) is 26.7 Å². The van der Waals surface area contributed by atoms with Gasteiger partial charge in [-0.05, 0) is 31.1 Å². The van der Waals surface area contributed by atoms with Crippen molar-refractivity contribution in [1.29, 1.82) is 0 Å². The fraction of sp³-hybridized carbons (Fsp3) is 1.00. The van der Waals surface area contributed by atoms with Crippen molar-refractivity contribution in [3.05, 3.63) is 0 Å². The van der Waals surface area contributed by atoms with Gasteiger partial charge in [-0.15, -0.1) is 0 Å². The van der Waals surface area contributed by atoms with E-state index in [0.29, 0.717) is 12.3 Å². The van der Waals surface area contributed by atoms with E-state index in [1.54, 1.807) is 0 Å². The van der Waals surface area contributed by atoms with Gasteiger partial charge in [-0.3, -0.25) is 0 Å². The van der Waals surface area contributed by atoms with Crippen LogP contribution in [-0.2, 0) is 0 Å². The number of rotatable bonds is 3. The highest BCUT2D eigenvalue weighted by atomic mass is 19.4. The fourth-order valence-corrected chi connectivity index (χ4v) is 2.61. The maximum atomic E-state index is 12.6. The molecule has 0 spiro atoms. The largest absolute Gasteiger partial charge is 0.391 e.